The summed E-state index contributed by atoms with van der Waals surface area (Å²) in [7, 11) is 0. The molecule has 1 aromatic carbocycles. The Bertz CT molecular complexity index is 644. The van der Waals surface area contributed by atoms with E-state index in [1.54, 1.807) is 0 Å². The van der Waals surface area contributed by atoms with E-state index in [9.17, 15) is 0 Å². The van der Waals surface area contributed by atoms with Crippen molar-refractivity contribution in [3.05, 3.63) is 36.4 Å². The van der Waals surface area contributed by atoms with Crippen molar-refractivity contribution in [2.75, 3.05) is 19.8 Å². The lowest BCUT2D eigenvalue weighted by Gasteiger charge is -2.12. The number of hydrogen-bond donors (Lipinski definition) is 0. The van der Waals surface area contributed by atoms with Gasteiger partial charge in [0.05, 0.1) is 18.4 Å². The van der Waals surface area contributed by atoms with Crippen LogP contribution >= 0.6 is 0 Å². The lowest BCUT2D eigenvalue weighted by Crippen LogP contribution is -2.18. The van der Waals surface area contributed by atoms with E-state index >= 15 is 0 Å². The molecule has 5 heteroatoms. The number of nitrogens with zero attached hydrogens (tertiary/aromatic N) is 2. The zero-order chi connectivity index (χ0) is 20.0. The van der Waals surface area contributed by atoms with E-state index in [-0.39, 0.29) is 6.10 Å². The molecule has 0 spiro atoms. The summed E-state index contributed by atoms with van der Waals surface area (Å²) in [6.07, 6.45) is 7.66. The van der Waals surface area contributed by atoms with Crippen molar-refractivity contribution >= 4 is 0 Å². The smallest absolute Gasteiger partial charge is 0.233 e. The fraction of sp³-hybridized carbons (Fsp3) is 0.565. The number of hydrogen-bond acceptors (Lipinski definition) is 5. The predicted octanol–water partition coefficient (Wildman–Crippen LogP) is 5.69. The molecule has 5 nitrogen and oxygen atoms in total. The maximum Gasteiger partial charge on any atom is 0.233 e. The minimum absolute atomic E-state index is 0.0374. The first-order chi connectivity index (χ1) is 13.7. The third kappa shape index (κ3) is 8.26. The second-order valence-electron chi connectivity index (χ2n) is 6.97. The molecule has 0 saturated carbocycles. The molecule has 28 heavy (non-hydrogen) atoms. The molecule has 154 valence electrons. The lowest BCUT2D eigenvalue weighted by atomic mass is 10.1. The molecule has 0 radical (unpaired) electrons. The van der Waals surface area contributed by atoms with Crippen molar-refractivity contribution in [1.29, 1.82) is 0 Å². The highest BCUT2D eigenvalue weighted by Crippen LogP contribution is 2.21. The SMILES string of the molecule is CCCCCCCCOc1ccc(-c2ccc(OCC(C)OCC)nn2)cc1. The standard InChI is InChI=1S/C23H34N2O3/c1-4-6-7-8-9-10-17-27-21-13-11-20(12-14-21)22-15-16-23(25-24-22)28-18-19(3)26-5-2/h11-16,19H,4-10,17-18H2,1-3H3. The summed E-state index contributed by atoms with van der Waals surface area (Å²) in [6, 6.07) is 11.8. The highest BCUT2D eigenvalue weighted by molar-refractivity contribution is 5.59. The summed E-state index contributed by atoms with van der Waals surface area (Å²) >= 11 is 0. The molecule has 1 aromatic heterocycles. The molecular weight excluding hydrogens is 352 g/mol. The fourth-order valence-corrected chi connectivity index (χ4v) is 2.88. The van der Waals surface area contributed by atoms with Crippen LogP contribution in [0.2, 0.25) is 0 Å². The Kier molecular flexibility index (Phi) is 10.4. The van der Waals surface area contributed by atoms with Gasteiger partial charge in [-0.2, -0.15) is 0 Å². The van der Waals surface area contributed by atoms with Crippen molar-refractivity contribution in [1.82, 2.24) is 10.2 Å². The van der Waals surface area contributed by atoms with Crippen LogP contribution in [0.5, 0.6) is 11.6 Å². The van der Waals surface area contributed by atoms with Crippen molar-refractivity contribution in [3.63, 3.8) is 0 Å². The quantitative estimate of drug-likeness (QED) is 0.391. The minimum atomic E-state index is 0.0374. The van der Waals surface area contributed by atoms with E-state index in [1.807, 2.05) is 50.2 Å². The summed E-state index contributed by atoms with van der Waals surface area (Å²) < 4.78 is 16.9. The maximum absolute atomic E-state index is 5.83. The first kappa shape index (κ1) is 22.2. The molecule has 0 fully saturated rings. The molecule has 1 atom stereocenters. The zero-order valence-corrected chi connectivity index (χ0v) is 17.5. The third-order valence-corrected chi connectivity index (χ3v) is 4.47. The van der Waals surface area contributed by atoms with Gasteiger partial charge in [0, 0.05) is 18.2 Å². The van der Waals surface area contributed by atoms with E-state index in [4.69, 9.17) is 14.2 Å². The van der Waals surface area contributed by atoms with Gasteiger partial charge in [-0.3, -0.25) is 0 Å². The van der Waals surface area contributed by atoms with Crippen LogP contribution < -0.4 is 9.47 Å². The van der Waals surface area contributed by atoms with E-state index in [0.717, 1.165) is 30.0 Å². The summed E-state index contributed by atoms with van der Waals surface area (Å²) in [4.78, 5) is 0. The average Bonchev–Trinajstić information content (AvgIpc) is 2.73. The molecule has 0 aliphatic rings. The number of aromatic nitrogens is 2. The van der Waals surface area contributed by atoms with Crippen molar-refractivity contribution in [3.8, 4) is 22.9 Å². The van der Waals surface area contributed by atoms with Gasteiger partial charge in [0.1, 0.15) is 12.4 Å². The number of rotatable bonds is 14. The summed E-state index contributed by atoms with van der Waals surface area (Å²) in [5.41, 5.74) is 1.82. The normalized spacial score (nSPS) is 12.0. The summed E-state index contributed by atoms with van der Waals surface area (Å²) in [5, 5.41) is 8.40. The molecule has 0 aliphatic heterocycles. The van der Waals surface area contributed by atoms with Crippen molar-refractivity contribution < 1.29 is 14.2 Å². The van der Waals surface area contributed by atoms with E-state index in [2.05, 4.69) is 17.1 Å². The van der Waals surface area contributed by atoms with Crippen LogP contribution in [0.15, 0.2) is 36.4 Å². The van der Waals surface area contributed by atoms with E-state index in [0.29, 0.717) is 19.1 Å². The van der Waals surface area contributed by atoms with Crippen LogP contribution in [0.25, 0.3) is 11.3 Å². The first-order valence-electron chi connectivity index (χ1n) is 10.5. The number of unbranched alkanes of at least 4 members (excludes halogenated alkanes) is 5. The van der Waals surface area contributed by atoms with Crippen molar-refractivity contribution in [2.24, 2.45) is 0 Å². The lowest BCUT2D eigenvalue weighted by molar-refractivity contribution is 0.0387. The van der Waals surface area contributed by atoms with Gasteiger partial charge < -0.3 is 14.2 Å². The molecule has 2 rings (SSSR count). The number of ether oxygens (including phenoxy) is 3. The Labute approximate surface area is 169 Å². The maximum atomic E-state index is 5.83. The largest absolute Gasteiger partial charge is 0.494 e. The van der Waals surface area contributed by atoms with Crippen LogP contribution in [0.1, 0.15) is 59.3 Å². The molecule has 1 heterocycles. The molecule has 1 unspecified atom stereocenters. The average molecular weight is 387 g/mol. The Morgan fingerprint density at radius 2 is 1.57 bits per heavy atom. The van der Waals surface area contributed by atoms with Gasteiger partial charge in [-0.25, -0.2) is 0 Å². The van der Waals surface area contributed by atoms with Gasteiger partial charge in [0.2, 0.25) is 5.88 Å². The van der Waals surface area contributed by atoms with Gasteiger partial charge in [0.15, 0.2) is 0 Å². The van der Waals surface area contributed by atoms with Gasteiger partial charge in [-0.05, 0) is 50.6 Å². The van der Waals surface area contributed by atoms with E-state index < -0.39 is 0 Å². The molecule has 0 bridgehead atoms. The van der Waals surface area contributed by atoms with E-state index in [1.165, 1.54) is 32.1 Å². The molecule has 0 amide bonds. The van der Waals surface area contributed by atoms with Gasteiger partial charge in [-0.1, -0.05) is 39.0 Å². The molecule has 0 N–H and O–H groups in total. The Morgan fingerprint density at radius 3 is 2.25 bits per heavy atom. The highest BCUT2D eigenvalue weighted by Gasteiger charge is 2.05. The summed E-state index contributed by atoms with van der Waals surface area (Å²) in [6.45, 7) is 8.10. The third-order valence-electron chi connectivity index (χ3n) is 4.47. The summed E-state index contributed by atoms with van der Waals surface area (Å²) in [5.74, 6) is 1.41. The topological polar surface area (TPSA) is 53.5 Å². The Hall–Kier alpha value is -2.14. The van der Waals surface area contributed by atoms with Gasteiger partial charge >= 0.3 is 0 Å². The zero-order valence-electron chi connectivity index (χ0n) is 17.5. The minimum Gasteiger partial charge on any atom is -0.494 e. The molecule has 0 saturated heterocycles. The molecule has 2 aromatic rings. The predicted molar refractivity (Wildman–Crippen MR) is 113 cm³/mol. The first-order valence-corrected chi connectivity index (χ1v) is 10.5. The van der Waals surface area contributed by atoms with Crippen LogP contribution in [0.4, 0.5) is 0 Å². The molecule has 0 aliphatic carbocycles. The second kappa shape index (κ2) is 13.1. The highest BCUT2D eigenvalue weighted by atomic mass is 16.5. The van der Waals surface area contributed by atoms with Crippen LogP contribution in [0.3, 0.4) is 0 Å². The second-order valence-corrected chi connectivity index (χ2v) is 6.97. The van der Waals surface area contributed by atoms with Crippen LogP contribution in [0, 0.1) is 0 Å². The number of benzene rings is 1. The van der Waals surface area contributed by atoms with Gasteiger partial charge in [-0.15, -0.1) is 10.2 Å². The monoisotopic (exact) mass is 386 g/mol. The molecular formula is C23H34N2O3. The van der Waals surface area contributed by atoms with Crippen LogP contribution in [-0.2, 0) is 4.74 Å². The fourth-order valence-electron chi connectivity index (χ4n) is 2.88. The van der Waals surface area contributed by atoms with Crippen LogP contribution in [-0.4, -0.2) is 36.1 Å². The Morgan fingerprint density at radius 1 is 0.821 bits per heavy atom. The van der Waals surface area contributed by atoms with Gasteiger partial charge in [0.25, 0.3) is 0 Å². The van der Waals surface area contributed by atoms with Crippen molar-refractivity contribution in [2.45, 2.75) is 65.4 Å². The Balaban J connectivity index is 1.75.